The Morgan fingerprint density at radius 2 is 2.00 bits per heavy atom. The molecular formula is C8H10N. The van der Waals surface area contributed by atoms with E-state index in [-0.39, 0.29) is 0 Å². The van der Waals surface area contributed by atoms with Crippen LogP contribution in [-0.2, 0) is 0 Å². The molecule has 1 heteroatoms. The molecule has 0 aliphatic carbocycles. The Morgan fingerprint density at radius 3 is 2.44 bits per heavy atom. The molecule has 2 N–H and O–H groups in total. The second-order valence-electron chi connectivity index (χ2n) is 2.30. The summed E-state index contributed by atoms with van der Waals surface area (Å²) in [6.45, 7) is 4.01. The first kappa shape index (κ1) is 6.14. The molecule has 1 nitrogen and oxygen atoms in total. The van der Waals surface area contributed by atoms with Gasteiger partial charge < -0.3 is 5.73 Å². The monoisotopic (exact) mass is 120 g/mol. The average Bonchev–Trinajstić information content (AvgIpc) is 1.59. The molecule has 47 valence electrons. The Kier molecular flexibility index (Phi) is 1.43. The van der Waals surface area contributed by atoms with Crippen LogP contribution in [-0.4, -0.2) is 0 Å². The van der Waals surface area contributed by atoms with Gasteiger partial charge in [-0.3, -0.25) is 0 Å². The van der Waals surface area contributed by atoms with Crippen molar-refractivity contribution in [2.75, 3.05) is 5.73 Å². The summed E-state index contributed by atoms with van der Waals surface area (Å²) < 4.78 is 0. The Hall–Kier alpha value is -0.980. The van der Waals surface area contributed by atoms with Crippen LogP contribution >= 0.6 is 0 Å². The van der Waals surface area contributed by atoms with Crippen molar-refractivity contribution in [3.63, 3.8) is 0 Å². The number of aryl methyl sites for hydroxylation is 2. The average molecular weight is 120 g/mol. The predicted octanol–water partition coefficient (Wildman–Crippen LogP) is 1.69. The molecule has 0 spiro atoms. The number of hydrogen-bond donors (Lipinski definition) is 1. The van der Waals surface area contributed by atoms with Crippen molar-refractivity contribution in [3.8, 4) is 0 Å². The number of rotatable bonds is 0. The molecule has 0 saturated heterocycles. The Balaban J connectivity index is 3.17. The molecular weight excluding hydrogens is 110 g/mol. The summed E-state index contributed by atoms with van der Waals surface area (Å²) >= 11 is 0. The third-order valence-corrected chi connectivity index (χ3v) is 1.17. The number of nitrogens with two attached hydrogens (primary N) is 1. The molecule has 0 atom stereocenters. The van der Waals surface area contributed by atoms with Crippen molar-refractivity contribution in [3.05, 3.63) is 29.3 Å². The zero-order valence-electron chi connectivity index (χ0n) is 5.73. The molecule has 0 amide bonds. The summed E-state index contributed by atoms with van der Waals surface area (Å²) in [6.07, 6.45) is 0. The summed E-state index contributed by atoms with van der Waals surface area (Å²) in [5, 5.41) is 0. The fourth-order valence-corrected chi connectivity index (χ4v) is 0.928. The number of anilines is 1. The van der Waals surface area contributed by atoms with Crippen molar-refractivity contribution in [2.45, 2.75) is 13.8 Å². The van der Waals surface area contributed by atoms with Gasteiger partial charge in [-0.25, -0.2) is 0 Å². The molecule has 0 bridgehead atoms. The summed E-state index contributed by atoms with van der Waals surface area (Å²) in [4.78, 5) is 0. The highest BCUT2D eigenvalue weighted by molar-refractivity contribution is 5.42. The highest BCUT2D eigenvalue weighted by Gasteiger charge is 1.88. The first-order valence-corrected chi connectivity index (χ1v) is 2.94. The van der Waals surface area contributed by atoms with E-state index < -0.39 is 0 Å². The van der Waals surface area contributed by atoms with Gasteiger partial charge in [-0.15, -0.1) is 0 Å². The van der Waals surface area contributed by atoms with E-state index in [4.69, 9.17) is 5.73 Å². The third-order valence-electron chi connectivity index (χ3n) is 1.17. The number of benzene rings is 1. The molecule has 0 aliphatic heterocycles. The lowest BCUT2D eigenvalue weighted by atomic mass is 10.1. The molecule has 0 heterocycles. The molecule has 0 saturated carbocycles. The van der Waals surface area contributed by atoms with E-state index in [1.807, 2.05) is 19.9 Å². The normalized spacial score (nSPS) is 9.56. The van der Waals surface area contributed by atoms with Gasteiger partial charge in [0.05, 0.1) is 0 Å². The summed E-state index contributed by atoms with van der Waals surface area (Å²) in [7, 11) is 0. The number of nitrogen functional groups attached to an aromatic ring is 1. The van der Waals surface area contributed by atoms with Gasteiger partial charge in [-0.05, 0) is 31.0 Å². The van der Waals surface area contributed by atoms with E-state index in [0.29, 0.717) is 0 Å². The lowest BCUT2D eigenvalue weighted by Gasteiger charge is -1.96. The van der Waals surface area contributed by atoms with Gasteiger partial charge in [0.2, 0.25) is 0 Å². The van der Waals surface area contributed by atoms with Crippen molar-refractivity contribution in [2.24, 2.45) is 0 Å². The Bertz CT molecular complexity index is 165. The zero-order chi connectivity index (χ0) is 6.85. The smallest absolute Gasteiger partial charge is 0.0399 e. The quantitative estimate of drug-likeness (QED) is 0.518. The fourth-order valence-electron chi connectivity index (χ4n) is 0.928. The molecule has 0 fully saturated rings. The van der Waals surface area contributed by atoms with Gasteiger partial charge in [0, 0.05) is 11.8 Å². The molecule has 1 aromatic rings. The predicted molar refractivity (Wildman–Crippen MR) is 39.2 cm³/mol. The van der Waals surface area contributed by atoms with Gasteiger partial charge >= 0.3 is 0 Å². The van der Waals surface area contributed by atoms with Gasteiger partial charge in [0.25, 0.3) is 0 Å². The van der Waals surface area contributed by atoms with E-state index in [0.717, 1.165) is 11.3 Å². The van der Waals surface area contributed by atoms with Crippen molar-refractivity contribution in [1.29, 1.82) is 0 Å². The van der Waals surface area contributed by atoms with Gasteiger partial charge in [0.15, 0.2) is 0 Å². The maximum atomic E-state index is 5.50. The molecule has 1 radical (unpaired) electrons. The molecule has 0 aromatic heterocycles. The van der Waals surface area contributed by atoms with Crippen LogP contribution in [0.3, 0.4) is 0 Å². The largest absolute Gasteiger partial charge is 0.398 e. The summed E-state index contributed by atoms with van der Waals surface area (Å²) in [5.74, 6) is 0. The van der Waals surface area contributed by atoms with Crippen LogP contribution in [0.5, 0.6) is 0 Å². The topological polar surface area (TPSA) is 26.0 Å². The van der Waals surface area contributed by atoms with Gasteiger partial charge in [0.1, 0.15) is 0 Å². The van der Waals surface area contributed by atoms with Crippen LogP contribution in [0, 0.1) is 19.9 Å². The van der Waals surface area contributed by atoms with E-state index in [2.05, 4.69) is 12.1 Å². The lowest BCUT2D eigenvalue weighted by molar-refractivity contribution is 1.38. The first-order chi connectivity index (χ1) is 4.18. The highest BCUT2D eigenvalue weighted by atomic mass is 14.5. The SMILES string of the molecule is Cc1[c]c(N)cc(C)c1. The van der Waals surface area contributed by atoms with Crippen LogP contribution in [0.15, 0.2) is 12.1 Å². The van der Waals surface area contributed by atoms with Crippen molar-refractivity contribution >= 4 is 5.69 Å². The highest BCUT2D eigenvalue weighted by Crippen LogP contribution is 2.07. The maximum absolute atomic E-state index is 5.50. The van der Waals surface area contributed by atoms with Crippen LogP contribution in [0.4, 0.5) is 5.69 Å². The van der Waals surface area contributed by atoms with E-state index in [1.54, 1.807) is 0 Å². The fraction of sp³-hybridized carbons (Fsp3) is 0.250. The van der Waals surface area contributed by atoms with Crippen molar-refractivity contribution < 1.29 is 0 Å². The van der Waals surface area contributed by atoms with Gasteiger partial charge in [-0.2, -0.15) is 0 Å². The summed E-state index contributed by atoms with van der Waals surface area (Å²) in [5.41, 5.74) is 8.54. The minimum absolute atomic E-state index is 0.729. The van der Waals surface area contributed by atoms with E-state index in [1.165, 1.54) is 5.56 Å². The molecule has 1 rings (SSSR count). The second-order valence-corrected chi connectivity index (χ2v) is 2.30. The van der Waals surface area contributed by atoms with E-state index >= 15 is 0 Å². The maximum Gasteiger partial charge on any atom is 0.0399 e. The van der Waals surface area contributed by atoms with E-state index in [9.17, 15) is 0 Å². The first-order valence-electron chi connectivity index (χ1n) is 2.94. The molecule has 9 heavy (non-hydrogen) atoms. The zero-order valence-corrected chi connectivity index (χ0v) is 5.73. The molecule has 1 aromatic carbocycles. The number of hydrogen-bond acceptors (Lipinski definition) is 1. The Labute approximate surface area is 55.5 Å². The standard InChI is InChI=1S/C8H10N/c1-6-3-7(2)5-8(9)4-6/h3-4H,9H2,1-2H3. The van der Waals surface area contributed by atoms with Crippen LogP contribution in [0.25, 0.3) is 0 Å². The summed E-state index contributed by atoms with van der Waals surface area (Å²) in [6, 6.07) is 6.95. The van der Waals surface area contributed by atoms with Crippen LogP contribution < -0.4 is 5.73 Å². The Morgan fingerprint density at radius 1 is 1.33 bits per heavy atom. The minimum atomic E-state index is 0.729. The van der Waals surface area contributed by atoms with Crippen molar-refractivity contribution in [1.82, 2.24) is 0 Å². The van der Waals surface area contributed by atoms with Crippen LogP contribution in [0.2, 0.25) is 0 Å². The molecule has 0 unspecified atom stereocenters. The minimum Gasteiger partial charge on any atom is -0.398 e. The van der Waals surface area contributed by atoms with Crippen LogP contribution in [0.1, 0.15) is 11.1 Å². The second kappa shape index (κ2) is 2.09. The third kappa shape index (κ3) is 1.46. The lowest BCUT2D eigenvalue weighted by Crippen LogP contribution is -1.86. The molecule has 0 aliphatic rings. The van der Waals surface area contributed by atoms with Gasteiger partial charge in [-0.1, -0.05) is 6.07 Å².